The molecule has 0 atom stereocenters. The quantitative estimate of drug-likeness (QED) is 0.671. The van der Waals surface area contributed by atoms with E-state index < -0.39 is 17.5 Å². The van der Waals surface area contributed by atoms with Crippen LogP contribution in [0.3, 0.4) is 0 Å². The minimum Gasteiger partial charge on any atom is -0.453 e. The Balaban J connectivity index is 2.37. The normalized spacial score (nSPS) is 10.9. The van der Waals surface area contributed by atoms with Crippen LogP contribution in [0.25, 0.3) is 0 Å². The van der Waals surface area contributed by atoms with E-state index in [0.29, 0.717) is 6.42 Å². The van der Waals surface area contributed by atoms with Gasteiger partial charge in [0.15, 0.2) is 0 Å². The number of carbonyl (C=O) groups is 2. The molecule has 0 bridgehead atoms. The van der Waals surface area contributed by atoms with E-state index in [-0.39, 0.29) is 12.4 Å². The van der Waals surface area contributed by atoms with Crippen LogP contribution in [0.15, 0.2) is 24.3 Å². The number of ether oxygens (including phenoxy) is 1. The van der Waals surface area contributed by atoms with Crippen molar-refractivity contribution in [1.29, 1.82) is 0 Å². The number of amides is 1. The maximum Gasteiger partial charge on any atom is 0.397 e. The van der Waals surface area contributed by atoms with Crippen LogP contribution >= 0.6 is 0 Å². The predicted octanol–water partition coefficient (Wildman–Crippen LogP) is 1.83. The van der Waals surface area contributed by atoms with Gasteiger partial charge in [0.2, 0.25) is 0 Å². The molecule has 0 aliphatic heterocycles. The first kappa shape index (κ1) is 15.1. The summed E-state index contributed by atoms with van der Waals surface area (Å²) in [7, 11) is 0. The second-order valence-electron chi connectivity index (χ2n) is 5.14. The first-order valence-corrected chi connectivity index (χ1v) is 6.03. The summed E-state index contributed by atoms with van der Waals surface area (Å²) in [6, 6.07) is 6.09. The summed E-state index contributed by atoms with van der Waals surface area (Å²) in [5, 5.41) is 2.44. The van der Waals surface area contributed by atoms with Crippen molar-refractivity contribution in [1.82, 2.24) is 5.32 Å². The van der Waals surface area contributed by atoms with Crippen LogP contribution < -0.4 is 5.32 Å². The summed E-state index contributed by atoms with van der Waals surface area (Å²) in [5.74, 6) is -2.02. The smallest absolute Gasteiger partial charge is 0.397 e. The largest absolute Gasteiger partial charge is 0.453 e. The minimum absolute atomic E-state index is 0.252. The lowest BCUT2D eigenvalue weighted by molar-refractivity contribution is -0.163. The third kappa shape index (κ3) is 5.99. The summed E-state index contributed by atoms with van der Waals surface area (Å²) >= 11 is 0. The van der Waals surface area contributed by atoms with E-state index in [2.05, 4.69) is 5.32 Å². The predicted molar refractivity (Wildman–Crippen MR) is 69.0 cm³/mol. The van der Waals surface area contributed by atoms with Crippen molar-refractivity contribution < 1.29 is 18.7 Å². The third-order valence-electron chi connectivity index (χ3n) is 2.17. The monoisotopic (exact) mass is 267 g/mol. The number of halogens is 1. The van der Waals surface area contributed by atoms with Gasteiger partial charge in [0.1, 0.15) is 11.4 Å². The molecule has 0 spiro atoms. The van der Waals surface area contributed by atoms with Crippen molar-refractivity contribution in [2.24, 2.45) is 0 Å². The van der Waals surface area contributed by atoms with Crippen molar-refractivity contribution in [2.45, 2.75) is 32.8 Å². The van der Waals surface area contributed by atoms with Gasteiger partial charge < -0.3 is 10.1 Å². The highest BCUT2D eigenvalue weighted by atomic mass is 19.1. The number of carbonyl (C=O) groups excluding carboxylic acids is 2. The van der Waals surface area contributed by atoms with Crippen molar-refractivity contribution in [3.63, 3.8) is 0 Å². The van der Waals surface area contributed by atoms with E-state index in [9.17, 15) is 14.0 Å². The van der Waals surface area contributed by atoms with Crippen LogP contribution in [-0.2, 0) is 20.7 Å². The number of nitrogens with one attached hydrogen (secondary N) is 1. The van der Waals surface area contributed by atoms with Crippen molar-refractivity contribution in [3.05, 3.63) is 35.6 Å². The SMILES string of the molecule is CC(C)(C)OC(=O)C(=O)NCCc1cccc(F)c1. The first-order valence-electron chi connectivity index (χ1n) is 6.03. The standard InChI is InChI=1S/C14H18FNO3/c1-14(2,3)19-13(18)12(17)16-8-7-10-5-4-6-11(15)9-10/h4-6,9H,7-8H2,1-3H3,(H,16,17). The molecule has 1 aromatic rings. The van der Waals surface area contributed by atoms with Gasteiger partial charge in [-0.05, 0) is 44.9 Å². The molecular weight excluding hydrogens is 249 g/mol. The lowest BCUT2D eigenvalue weighted by Gasteiger charge is -2.18. The van der Waals surface area contributed by atoms with Crippen molar-refractivity contribution >= 4 is 11.9 Å². The maximum atomic E-state index is 12.9. The Morgan fingerprint density at radius 3 is 2.58 bits per heavy atom. The van der Waals surface area contributed by atoms with Gasteiger partial charge in [-0.1, -0.05) is 12.1 Å². The third-order valence-corrected chi connectivity index (χ3v) is 2.17. The lowest BCUT2D eigenvalue weighted by atomic mass is 10.1. The number of benzene rings is 1. The van der Waals surface area contributed by atoms with Crippen LogP contribution in [0.4, 0.5) is 4.39 Å². The molecule has 0 radical (unpaired) electrons. The molecule has 5 heteroatoms. The number of esters is 1. The molecule has 0 heterocycles. The van der Waals surface area contributed by atoms with Crippen LogP contribution in [-0.4, -0.2) is 24.0 Å². The van der Waals surface area contributed by atoms with Crippen molar-refractivity contribution in [2.75, 3.05) is 6.54 Å². The summed E-state index contributed by atoms with van der Waals surface area (Å²) in [6.07, 6.45) is 0.451. The zero-order valence-corrected chi connectivity index (χ0v) is 11.3. The fourth-order valence-electron chi connectivity index (χ4n) is 1.41. The molecule has 19 heavy (non-hydrogen) atoms. The Labute approximate surface area is 112 Å². The fourth-order valence-corrected chi connectivity index (χ4v) is 1.41. The van der Waals surface area contributed by atoms with E-state index in [0.717, 1.165) is 5.56 Å². The van der Waals surface area contributed by atoms with Crippen LogP contribution in [0.5, 0.6) is 0 Å². The molecule has 0 fully saturated rings. The molecule has 0 unspecified atom stereocenters. The van der Waals surface area contributed by atoms with E-state index >= 15 is 0 Å². The molecule has 4 nitrogen and oxygen atoms in total. The maximum absolute atomic E-state index is 12.9. The van der Waals surface area contributed by atoms with Gasteiger partial charge in [0, 0.05) is 6.54 Å². The molecule has 1 rings (SSSR count). The van der Waals surface area contributed by atoms with Crippen LogP contribution in [0, 0.1) is 5.82 Å². The van der Waals surface area contributed by atoms with E-state index in [1.165, 1.54) is 12.1 Å². The number of rotatable bonds is 3. The van der Waals surface area contributed by atoms with Crippen molar-refractivity contribution in [3.8, 4) is 0 Å². The number of hydrogen-bond acceptors (Lipinski definition) is 3. The molecule has 1 N–H and O–H groups in total. The molecule has 0 aliphatic carbocycles. The van der Waals surface area contributed by atoms with E-state index in [1.54, 1.807) is 32.9 Å². The molecule has 104 valence electrons. The van der Waals surface area contributed by atoms with E-state index in [1.807, 2.05) is 0 Å². The average molecular weight is 267 g/mol. The Morgan fingerprint density at radius 2 is 2.00 bits per heavy atom. The molecule has 1 amide bonds. The first-order chi connectivity index (χ1) is 8.78. The van der Waals surface area contributed by atoms with Crippen LogP contribution in [0.1, 0.15) is 26.3 Å². The average Bonchev–Trinajstić information content (AvgIpc) is 2.26. The Hall–Kier alpha value is -1.91. The van der Waals surface area contributed by atoms with Gasteiger partial charge in [0.05, 0.1) is 0 Å². The molecule has 0 saturated carbocycles. The topological polar surface area (TPSA) is 55.4 Å². The number of hydrogen-bond donors (Lipinski definition) is 1. The van der Waals surface area contributed by atoms with Crippen LogP contribution in [0.2, 0.25) is 0 Å². The highest BCUT2D eigenvalue weighted by Gasteiger charge is 2.22. The van der Waals surface area contributed by atoms with Gasteiger partial charge in [-0.15, -0.1) is 0 Å². The summed E-state index contributed by atoms with van der Waals surface area (Å²) in [5.41, 5.74) is 0.0567. The highest BCUT2D eigenvalue weighted by molar-refractivity contribution is 6.32. The van der Waals surface area contributed by atoms with Gasteiger partial charge in [-0.3, -0.25) is 4.79 Å². The summed E-state index contributed by atoms with van der Waals surface area (Å²) < 4.78 is 17.8. The minimum atomic E-state index is -0.910. The second kappa shape index (κ2) is 6.31. The highest BCUT2D eigenvalue weighted by Crippen LogP contribution is 2.07. The zero-order valence-electron chi connectivity index (χ0n) is 11.3. The summed E-state index contributed by atoms with van der Waals surface area (Å²) in [4.78, 5) is 22.8. The molecule has 0 aliphatic rings. The Bertz CT molecular complexity index is 466. The Morgan fingerprint density at radius 1 is 1.32 bits per heavy atom. The molecular formula is C14H18FNO3. The lowest BCUT2D eigenvalue weighted by Crippen LogP contribution is -2.37. The van der Waals surface area contributed by atoms with Gasteiger partial charge in [-0.25, -0.2) is 9.18 Å². The van der Waals surface area contributed by atoms with Gasteiger partial charge >= 0.3 is 11.9 Å². The second-order valence-corrected chi connectivity index (χ2v) is 5.14. The summed E-state index contributed by atoms with van der Waals surface area (Å²) in [6.45, 7) is 5.31. The van der Waals surface area contributed by atoms with E-state index in [4.69, 9.17) is 4.74 Å². The fraction of sp³-hybridized carbons (Fsp3) is 0.429. The van der Waals surface area contributed by atoms with Gasteiger partial charge in [-0.2, -0.15) is 0 Å². The zero-order chi connectivity index (χ0) is 14.5. The Kier molecular flexibility index (Phi) is 5.03. The molecule has 0 aromatic heterocycles. The molecule has 1 aromatic carbocycles. The van der Waals surface area contributed by atoms with Gasteiger partial charge in [0.25, 0.3) is 0 Å². The molecule has 0 saturated heterocycles.